The average Bonchev–Trinajstić information content (AvgIpc) is 3.48. The third kappa shape index (κ3) is 5.38. The summed E-state index contributed by atoms with van der Waals surface area (Å²) in [4.78, 5) is 14.0. The summed E-state index contributed by atoms with van der Waals surface area (Å²) in [5.41, 5.74) is 2.00. The number of hydrogen-bond acceptors (Lipinski definition) is 6. The molecule has 0 unspecified atom stereocenters. The minimum Gasteiger partial charge on any atom is -0.497 e. The fraction of sp³-hybridized carbons (Fsp3) is 0.208. The van der Waals surface area contributed by atoms with E-state index in [9.17, 15) is 4.79 Å². The van der Waals surface area contributed by atoms with E-state index < -0.39 is 0 Å². The van der Waals surface area contributed by atoms with Gasteiger partial charge in [0, 0.05) is 23.5 Å². The Kier molecular flexibility index (Phi) is 7.24. The summed E-state index contributed by atoms with van der Waals surface area (Å²) in [6.45, 7) is 2.35. The van der Waals surface area contributed by atoms with Crippen LogP contribution in [0.4, 0.5) is 0 Å². The maximum atomic E-state index is 12.7. The van der Waals surface area contributed by atoms with Crippen molar-refractivity contribution in [1.82, 2.24) is 20.1 Å². The largest absolute Gasteiger partial charge is 0.497 e. The van der Waals surface area contributed by atoms with E-state index in [0.29, 0.717) is 18.1 Å². The van der Waals surface area contributed by atoms with Crippen LogP contribution in [0.5, 0.6) is 5.75 Å². The third-order valence-electron chi connectivity index (χ3n) is 4.90. The van der Waals surface area contributed by atoms with Crippen molar-refractivity contribution in [3.05, 3.63) is 88.4 Å². The molecule has 0 saturated heterocycles. The third-order valence-corrected chi connectivity index (χ3v) is 6.82. The van der Waals surface area contributed by atoms with Gasteiger partial charge in [-0.05, 0) is 48.2 Å². The molecule has 6 nitrogen and oxygen atoms in total. The van der Waals surface area contributed by atoms with Gasteiger partial charge in [-0.2, -0.15) is 0 Å². The second kappa shape index (κ2) is 10.5. The highest BCUT2D eigenvalue weighted by atomic mass is 32.2. The Balaban J connectivity index is 1.47. The number of para-hydroxylation sites is 1. The number of nitrogens with zero attached hydrogens (tertiary/aromatic N) is 3. The van der Waals surface area contributed by atoms with Gasteiger partial charge >= 0.3 is 0 Å². The van der Waals surface area contributed by atoms with E-state index in [0.717, 1.165) is 22.8 Å². The first-order valence-corrected chi connectivity index (χ1v) is 12.0. The number of carbonyl (C=O) groups is 1. The zero-order valence-corrected chi connectivity index (χ0v) is 19.5. The standard InChI is InChI=1S/C24H24N4O2S2/c1-17(23(29)25-16-18-10-12-20(30-2)13-11-18)32-24-27-26-22(15-21-9-6-14-31-21)28(24)19-7-4-3-5-8-19/h3-14,17H,15-16H2,1-2H3,(H,25,29)/t17-/m0/s1. The van der Waals surface area contributed by atoms with Gasteiger partial charge in [-0.15, -0.1) is 21.5 Å². The van der Waals surface area contributed by atoms with Gasteiger partial charge in [-0.3, -0.25) is 9.36 Å². The molecule has 32 heavy (non-hydrogen) atoms. The van der Waals surface area contributed by atoms with Crippen molar-refractivity contribution in [1.29, 1.82) is 0 Å². The van der Waals surface area contributed by atoms with Gasteiger partial charge in [0.25, 0.3) is 0 Å². The second-order valence-corrected chi connectivity index (χ2v) is 9.49. The monoisotopic (exact) mass is 464 g/mol. The molecule has 164 valence electrons. The zero-order valence-electron chi connectivity index (χ0n) is 17.9. The van der Waals surface area contributed by atoms with Crippen molar-refractivity contribution < 1.29 is 9.53 Å². The number of hydrogen-bond donors (Lipinski definition) is 1. The molecule has 0 saturated carbocycles. The molecule has 0 aliphatic rings. The molecule has 2 aromatic carbocycles. The van der Waals surface area contributed by atoms with Gasteiger partial charge in [0.05, 0.1) is 12.4 Å². The smallest absolute Gasteiger partial charge is 0.233 e. The van der Waals surface area contributed by atoms with Crippen LogP contribution in [0.3, 0.4) is 0 Å². The predicted molar refractivity (Wildman–Crippen MR) is 129 cm³/mol. The molecular weight excluding hydrogens is 440 g/mol. The van der Waals surface area contributed by atoms with Crippen LogP contribution in [0, 0.1) is 0 Å². The summed E-state index contributed by atoms with van der Waals surface area (Å²) < 4.78 is 7.22. The van der Waals surface area contributed by atoms with Crippen LogP contribution in [0.1, 0.15) is 23.2 Å². The second-order valence-electron chi connectivity index (χ2n) is 7.15. The average molecular weight is 465 g/mol. The first-order valence-electron chi connectivity index (χ1n) is 10.2. The van der Waals surface area contributed by atoms with Crippen LogP contribution in [-0.2, 0) is 17.8 Å². The van der Waals surface area contributed by atoms with Gasteiger partial charge < -0.3 is 10.1 Å². The van der Waals surface area contributed by atoms with Crippen molar-refractivity contribution in [3.8, 4) is 11.4 Å². The number of amides is 1. The molecule has 2 heterocycles. The number of benzene rings is 2. The lowest BCUT2D eigenvalue weighted by atomic mass is 10.2. The molecule has 1 atom stereocenters. The summed E-state index contributed by atoms with van der Waals surface area (Å²) in [5.74, 6) is 1.60. The molecule has 0 radical (unpaired) electrons. The van der Waals surface area contributed by atoms with Crippen molar-refractivity contribution >= 4 is 29.0 Å². The fourth-order valence-corrected chi connectivity index (χ4v) is 4.80. The van der Waals surface area contributed by atoms with Crippen LogP contribution in [0.2, 0.25) is 0 Å². The van der Waals surface area contributed by atoms with Gasteiger partial charge in [0.15, 0.2) is 5.16 Å². The van der Waals surface area contributed by atoms with Crippen molar-refractivity contribution in [2.24, 2.45) is 0 Å². The maximum Gasteiger partial charge on any atom is 0.233 e. The Hall–Kier alpha value is -3.10. The van der Waals surface area contributed by atoms with E-state index in [2.05, 4.69) is 27.0 Å². The minimum atomic E-state index is -0.325. The van der Waals surface area contributed by atoms with E-state index in [-0.39, 0.29) is 11.2 Å². The normalized spacial score (nSPS) is 11.8. The lowest BCUT2D eigenvalue weighted by molar-refractivity contribution is -0.120. The van der Waals surface area contributed by atoms with E-state index in [1.807, 2.05) is 72.2 Å². The van der Waals surface area contributed by atoms with E-state index in [1.165, 1.54) is 16.6 Å². The summed E-state index contributed by atoms with van der Waals surface area (Å²) >= 11 is 3.11. The van der Waals surface area contributed by atoms with E-state index >= 15 is 0 Å². The number of rotatable bonds is 9. The highest BCUT2D eigenvalue weighted by molar-refractivity contribution is 8.00. The summed E-state index contributed by atoms with van der Waals surface area (Å²) in [7, 11) is 1.63. The van der Waals surface area contributed by atoms with Crippen molar-refractivity contribution in [3.63, 3.8) is 0 Å². The Bertz CT molecular complexity index is 1140. The molecule has 0 fully saturated rings. The number of carbonyl (C=O) groups excluding carboxylic acids is 1. The van der Waals surface area contributed by atoms with Crippen LogP contribution >= 0.6 is 23.1 Å². The number of thiophene rings is 1. The van der Waals surface area contributed by atoms with E-state index in [4.69, 9.17) is 4.74 Å². The maximum absolute atomic E-state index is 12.7. The quantitative estimate of drug-likeness (QED) is 0.363. The molecule has 0 spiro atoms. The summed E-state index contributed by atoms with van der Waals surface area (Å²) in [5, 5.41) is 14.3. The van der Waals surface area contributed by atoms with Crippen LogP contribution in [0.25, 0.3) is 5.69 Å². The minimum absolute atomic E-state index is 0.0479. The Morgan fingerprint density at radius 1 is 1.09 bits per heavy atom. The summed E-state index contributed by atoms with van der Waals surface area (Å²) in [6.07, 6.45) is 0.693. The highest BCUT2D eigenvalue weighted by Gasteiger charge is 2.21. The molecule has 2 aromatic heterocycles. The lowest BCUT2D eigenvalue weighted by Crippen LogP contribution is -2.30. The molecule has 0 aliphatic carbocycles. The molecule has 1 N–H and O–H groups in total. The molecule has 0 aliphatic heterocycles. The Morgan fingerprint density at radius 2 is 1.88 bits per heavy atom. The number of thioether (sulfide) groups is 1. The SMILES string of the molecule is COc1ccc(CNC(=O)[C@H](C)Sc2nnc(Cc3cccs3)n2-c2ccccc2)cc1. The first kappa shape index (κ1) is 22.1. The summed E-state index contributed by atoms with van der Waals surface area (Å²) in [6, 6.07) is 21.8. The van der Waals surface area contributed by atoms with Gasteiger partial charge in [-0.1, -0.05) is 48.2 Å². The Labute approximate surface area is 195 Å². The van der Waals surface area contributed by atoms with E-state index in [1.54, 1.807) is 18.4 Å². The number of aromatic nitrogens is 3. The first-order chi connectivity index (χ1) is 15.6. The van der Waals surface area contributed by atoms with Gasteiger partial charge in [0.1, 0.15) is 11.6 Å². The zero-order chi connectivity index (χ0) is 22.3. The van der Waals surface area contributed by atoms with Crippen molar-refractivity contribution in [2.75, 3.05) is 7.11 Å². The van der Waals surface area contributed by atoms with Crippen LogP contribution in [-0.4, -0.2) is 33.0 Å². The van der Waals surface area contributed by atoms with Crippen molar-refractivity contribution in [2.45, 2.75) is 30.3 Å². The molecular formula is C24H24N4O2S2. The van der Waals surface area contributed by atoms with Crippen LogP contribution < -0.4 is 10.1 Å². The molecule has 4 rings (SSSR count). The Morgan fingerprint density at radius 3 is 2.56 bits per heavy atom. The van der Waals surface area contributed by atoms with Crippen LogP contribution in [0.15, 0.2) is 77.3 Å². The topological polar surface area (TPSA) is 69.0 Å². The molecule has 8 heteroatoms. The predicted octanol–water partition coefficient (Wildman–Crippen LogP) is 4.73. The number of ether oxygens (including phenoxy) is 1. The van der Waals surface area contributed by atoms with Gasteiger partial charge in [0.2, 0.25) is 5.91 Å². The molecule has 4 aromatic rings. The molecule has 0 bridgehead atoms. The molecule has 1 amide bonds. The number of methoxy groups -OCH3 is 1. The highest BCUT2D eigenvalue weighted by Crippen LogP contribution is 2.27. The fourth-order valence-electron chi connectivity index (χ4n) is 3.18. The van der Waals surface area contributed by atoms with Gasteiger partial charge in [-0.25, -0.2) is 0 Å². The number of nitrogens with one attached hydrogen (secondary N) is 1. The lowest BCUT2D eigenvalue weighted by Gasteiger charge is -2.14.